The summed E-state index contributed by atoms with van der Waals surface area (Å²) in [6.45, 7) is 2.80. The van der Waals surface area contributed by atoms with Gasteiger partial charge in [-0.25, -0.2) is 0 Å². The van der Waals surface area contributed by atoms with Gasteiger partial charge in [0.05, 0.1) is 24.0 Å². The van der Waals surface area contributed by atoms with Gasteiger partial charge in [-0.3, -0.25) is 4.68 Å². The van der Waals surface area contributed by atoms with Crippen LogP contribution < -0.4 is 10.1 Å². The summed E-state index contributed by atoms with van der Waals surface area (Å²) in [5.41, 5.74) is 4.69. The van der Waals surface area contributed by atoms with Gasteiger partial charge in [0.15, 0.2) is 0 Å². The van der Waals surface area contributed by atoms with E-state index in [9.17, 15) is 0 Å². The maximum Gasteiger partial charge on any atom is 0.127 e. The fraction of sp³-hybridized carbons (Fsp3) is 0.400. The maximum absolute atomic E-state index is 5.81. The SMILES string of the molecule is CNC(c1cccc2c1OCC2)c1cc(C)nn1C. The molecule has 19 heavy (non-hydrogen) atoms. The van der Waals surface area contributed by atoms with Crippen molar-refractivity contribution in [1.29, 1.82) is 0 Å². The molecule has 100 valence electrons. The highest BCUT2D eigenvalue weighted by Gasteiger charge is 2.24. The number of nitrogens with one attached hydrogen (secondary N) is 1. The van der Waals surface area contributed by atoms with Crippen molar-refractivity contribution >= 4 is 0 Å². The number of aromatic nitrogens is 2. The molecule has 2 heterocycles. The fourth-order valence-electron chi connectivity index (χ4n) is 2.83. The van der Waals surface area contributed by atoms with Crippen molar-refractivity contribution in [1.82, 2.24) is 15.1 Å². The van der Waals surface area contributed by atoms with Crippen molar-refractivity contribution in [3.8, 4) is 5.75 Å². The lowest BCUT2D eigenvalue weighted by atomic mass is 9.99. The zero-order valence-electron chi connectivity index (χ0n) is 11.6. The van der Waals surface area contributed by atoms with E-state index in [1.165, 1.54) is 11.1 Å². The Morgan fingerprint density at radius 3 is 2.95 bits per heavy atom. The standard InChI is InChI=1S/C15H19N3O/c1-10-9-13(18(3)17-10)14(16-2)12-6-4-5-11-7-8-19-15(11)12/h4-6,9,14,16H,7-8H2,1-3H3. The molecule has 1 aliphatic rings. The van der Waals surface area contributed by atoms with Crippen LogP contribution in [0.3, 0.4) is 0 Å². The van der Waals surface area contributed by atoms with Crippen molar-refractivity contribution in [2.24, 2.45) is 7.05 Å². The second kappa shape index (κ2) is 4.70. The third-order valence-corrected chi connectivity index (χ3v) is 3.68. The first-order valence-corrected chi connectivity index (χ1v) is 6.63. The summed E-state index contributed by atoms with van der Waals surface area (Å²) in [7, 11) is 3.96. The van der Waals surface area contributed by atoms with Crippen molar-refractivity contribution in [2.75, 3.05) is 13.7 Å². The van der Waals surface area contributed by atoms with Crippen LogP contribution in [0.1, 0.15) is 28.6 Å². The highest BCUT2D eigenvalue weighted by atomic mass is 16.5. The van der Waals surface area contributed by atoms with Crippen LogP contribution in [0.5, 0.6) is 5.75 Å². The molecule has 4 nitrogen and oxygen atoms in total. The zero-order valence-corrected chi connectivity index (χ0v) is 11.6. The smallest absolute Gasteiger partial charge is 0.127 e. The van der Waals surface area contributed by atoms with Crippen molar-refractivity contribution in [2.45, 2.75) is 19.4 Å². The molecule has 2 aromatic rings. The number of aryl methyl sites for hydroxylation is 2. The molecule has 4 heteroatoms. The maximum atomic E-state index is 5.81. The molecular formula is C15H19N3O. The third kappa shape index (κ3) is 2.02. The van der Waals surface area contributed by atoms with Crippen molar-refractivity contribution < 1.29 is 4.74 Å². The molecule has 1 aromatic heterocycles. The van der Waals surface area contributed by atoms with Crippen molar-refractivity contribution in [3.05, 3.63) is 46.8 Å². The van der Waals surface area contributed by atoms with Gasteiger partial charge in [0, 0.05) is 19.0 Å². The van der Waals surface area contributed by atoms with Crippen molar-refractivity contribution in [3.63, 3.8) is 0 Å². The van der Waals surface area contributed by atoms with Gasteiger partial charge in [0.25, 0.3) is 0 Å². The molecule has 0 spiro atoms. The molecule has 1 N–H and O–H groups in total. The number of fused-ring (bicyclic) bond motifs is 1. The Morgan fingerprint density at radius 2 is 2.26 bits per heavy atom. The second-order valence-corrected chi connectivity index (χ2v) is 4.99. The van der Waals surface area contributed by atoms with Gasteiger partial charge in [-0.15, -0.1) is 0 Å². The number of benzene rings is 1. The number of para-hydroxylation sites is 1. The molecule has 0 saturated carbocycles. The van der Waals surface area contributed by atoms with E-state index in [-0.39, 0.29) is 6.04 Å². The molecule has 0 bridgehead atoms. The molecule has 0 saturated heterocycles. The lowest BCUT2D eigenvalue weighted by Gasteiger charge is -2.19. The van der Waals surface area contributed by atoms with Crippen LogP contribution in [0.4, 0.5) is 0 Å². The van der Waals surface area contributed by atoms with Crippen LogP contribution in [0.2, 0.25) is 0 Å². The third-order valence-electron chi connectivity index (χ3n) is 3.68. The van der Waals surface area contributed by atoms with E-state index in [1.54, 1.807) is 0 Å². The highest BCUT2D eigenvalue weighted by molar-refractivity contribution is 5.48. The Bertz CT molecular complexity index is 603. The number of nitrogens with zero attached hydrogens (tertiary/aromatic N) is 2. The topological polar surface area (TPSA) is 39.1 Å². The lowest BCUT2D eigenvalue weighted by Crippen LogP contribution is -2.21. The number of ether oxygens (including phenoxy) is 1. The minimum Gasteiger partial charge on any atom is -0.493 e. The summed E-state index contributed by atoms with van der Waals surface area (Å²) in [6, 6.07) is 8.62. The molecule has 0 aliphatic carbocycles. The first-order valence-electron chi connectivity index (χ1n) is 6.63. The Kier molecular flexibility index (Phi) is 3.03. The van der Waals surface area contributed by atoms with Gasteiger partial charge >= 0.3 is 0 Å². The Balaban J connectivity index is 2.09. The largest absolute Gasteiger partial charge is 0.493 e. The first kappa shape index (κ1) is 12.2. The predicted octanol–water partition coefficient (Wildman–Crippen LogP) is 1.97. The van der Waals surface area contributed by atoms with Crippen LogP contribution in [0, 0.1) is 6.92 Å². The number of hydrogen-bond acceptors (Lipinski definition) is 3. The monoisotopic (exact) mass is 257 g/mol. The van der Waals surface area contributed by atoms with Gasteiger partial charge in [0.2, 0.25) is 0 Å². The lowest BCUT2D eigenvalue weighted by molar-refractivity contribution is 0.350. The second-order valence-electron chi connectivity index (χ2n) is 4.99. The molecule has 1 unspecified atom stereocenters. The van der Waals surface area contributed by atoms with E-state index in [0.717, 1.165) is 30.2 Å². The van der Waals surface area contributed by atoms with Gasteiger partial charge in [0.1, 0.15) is 5.75 Å². The average molecular weight is 257 g/mol. The van der Waals surface area contributed by atoms with E-state index < -0.39 is 0 Å². The Hall–Kier alpha value is -1.81. The van der Waals surface area contributed by atoms with E-state index in [1.807, 2.05) is 25.7 Å². The molecule has 1 atom stereocenters. The molecular weight excluding hydrogens is 238 g/mol. The quantitative estimate of drug-likeness (QED) is 0.913. The molecule has 1 aliphatic heterocycles. The van der Waals surface area contributed by atoms with Gasteiger partial charge in [-0.05, 0) is 25.6 Å². The molecule has 0 amide bonds. The predicted molar refractivity (Wildman–Crippen MR) is 74.5 cm³/mol. The molecule has 0 radical (unpaired) electrons. The zero-order chi connectivity index (χ0) is 13.4. The van der Waals surface area contributed by atoms with E-state index >= 15 is 0 Å². The summed E-state index contributed by atoms with van der Waals surface area (Å²) in [4.78, 5) is 0. The minimum absolute atomic E-state index is 0.110. The first-order chi connectivity index (χ1) is 9.20. The van der Waals surface area contributed by atoms with Crippen LogP contribution in [0.15, 0.2) is 24.3 Å². The van der Waals surface area contributed by atoms with Crippen LogP contribution in [-0.4, -0.2) is 23.4 Å². The summed E-state index contributed by atoms with van der Waals surface area (Å²) in [5.74, 6) is 1.04. The molecule has 1 aromatic carbocycles. The Morgan fingerprint density at radius 1 is 1.42 bits per heavy atom. The van der Waals surface area contributed by atoms with Crippen LogP contribution in [0.25, 0.3) is 0 Å². The Labute approximate surface area is 113 Å². The van der Waals surface area contributed by atoms with E-state index in [4.69, 9.17) is 4.74 Å². The van der Waals surface area contributed by atoms with Gasteiger partial charge in [-0.1, -0.05) is 18.2 Å². The minimum atomic E-state index is 0.110. The van der Waals surface area contributed by atoms with Crippen LogP contribution >= 0.6 is 0 Å². The molecule has 0 fully saturated rings. The normalized spacial score (nSPS) is 15.1. The van der Waals surface area contributed by atoms with Gasteiger partial charge in [-0.2, -0.15) is 5.10 Å². The summed E-state index contributed by atoms with van der Waals surface area (Å²) in [5, 5.41) is 7.81. The summed E-state index contributed by atoms with van der Waals surface area (Å²) < 4.78 is 7.75. The number of hydrogen-bond donors (Lipinski definition) is 1. The number of rotatable bonds is 3. The van der Waals surface area contributed by atoms with Gasteiger partial charge < -0.3 is 10.1 Å². The highest BCUT2D eigenvalue weighted by Crippen LogP contribution is 2.35. The van der Waals surface area contributed by atoms with E-state index in [0.29, 0.717) is 0 Å². The summed E-state index contributed by atoms with van der Waals surface area (Å²) >= 11 is 0. The fourth-order valence-corrected chi connectivity index (χ4v) is 2.83. The van der Waals surface area contributed by atoms with Crippen LogP contribution in [-0.2, 0) is 13.5 Å². The molecule has 3 rings (SSSR count). The summed E-state index contributed by atoms with van der Waals surface area (Å²) in [6.07, 6.45) is 1.00. The van der Waals surface area contributed by atoms with E-state index in [2.05, 4.69) is 34.7 Å². The average Bonchev–Trinajstić information content (AvgIpc) is 2.98.